The van der Waals surface area contributed by atoms with E-state index in [-0.39, 0.29) is 0 Å². The fourth-order valence-corrected chi connectivity index (χ4v) is 1.06. The van der Waals surface area contributed by atoms with Crippen molar-refractivity contribution in [2.24, 2.45) is 0 Å². The summed E-state index contributed by atoms with van der Waals surface area (Å²) in [6, 6.07) is 0. The van der Waals surface area contributed by atoms with E-state index < -0.39 is 0 Å². The van der Waals surface area contributed by atoms with Crippen LogP contribution in [-0.2, 0) is 0 Å². The Balaban J connectivity index is 4.70. The molecule has 1 heteroatoms. The van der Waals surface area contributed by atoms with E-state index in [4.69, 9.17) is 0 Å². The molecular formula is C13H21N. The number of likely N-dealkylation sites (N-methyl/N-ethyl adjacent to an activating group) is 1. The van der Waals surface area contributed by atoms with Crippen LogP contribution in [0.25, 0.3) is 0 Å². The Kier molecular flexibility index (Phi) is 5.70. The summed E-state index contributed by atoms with van der Waals surface area (Å²) < 4.78 is 0. The van der Waals surface area contributed by atoms with Crippen molar-refractivity contribution in [2.75, 3.05) is 7.05 Å². The molecule has 0 aromatic rings. The summed E-state index contributed by atoms with van der Waals surface area (Å²) in [6.07, 6.45) is 8.30. The number of hydrogen-bond donors (Lipinski definition) is 0. The SMILES string of the molecule is C=C(C)/C(C)=C\N(C)C(/C=C\C)=C/C. The first kappa shape index (κ1) is 12.8. The fourth-order valence-electron chi connectivity index (χ4n) is 1.06. The summed E-state index contributed by atoms with van der Waals surface area (Å²) in [5.41, 5.74) is 3.50. The molecule has 0 aliphatic heterocycles. The molecule has 0 amide bonds. The van der Waals surface area contributed by atoms with Crippen LogP contribution in [0, 0.1) is 0 Å². The van der Waals surface area contributed by atoms with Crippen LogP contribution in [0.5, 0.6) is 0 Å². The maximum absolute atomic E-state index is 3.91. The smallest absolute Gasteiger partial charge is 0.0356 e. The van der Waals surface area contributed by atoms with Crippen molar-refractivity contribution in [3.05, 3.63) is 47.9 Å². The van der Waals surface area contributed by atoms with Crippen LogP contribution in [0.1, 0.15) is 27.7 Å². The van der Waals surface area contributed by atoms with Crippen LogP contribution in [0.15, 0.2) is 47.9 Å². The Hall–Kier alpha value is -1.24. The third-order valence-electron chi connectivity index (χ3n) is 2.10. The molecular weight excluding hydrogens is 170 g/mol. The molecule has 0 aliphatic rings. The largest absolute Gasteiger partial charge is 0.351 e. The highest BCUT2D eigenvalue weighted by molar-refractivity contribution is 5.26. The molecule has 0 saturated heterocycles. The molecule has 0 bridgehead atoms. The van der Waals surface area contributed by atoms with E-state index in [0.717, 1.165) is 5.57 Å². The Labute approximate surface area is 88.1 Å². The average molecular weight is 191 g/mol. The summed E-state index contributed by atoms with van der Waals surface area (Å²) in [6.45, 7) is 12.1. The van der Waals surface area contributed by atoms with Crippen molar-refractivity contribution in [1.82, 2.24) is 4.90 Å². The van der Waals surface area contributed by atoms with Gasteiger partial charge < -0.3 is 4.90 Å². The van der Waals surface area contributed by atoms with E-state index in [2.05, 4.69) is 36.8 Å². The minimum atomic E-state index is 1.10. The van der Waals surface area contributed by atoms with Gasteiger partial charge in [0.05, 0.1) is 0 Å². The lowest BCUT2D eigenvalue weighted by Crippen LogP contribution is -2.09. The summed E-state index contributed by atoms with van der Waals surface area (Å²) in [5, 5.41) is 0. The van der Waals surface area contributed by atoms with Gasteiger partial charge in [-0.3, -0.25) is 0 Å². The molecule has 0 aromatic heterocycles. The van der Waals surface area contributed by atoms with Crippen molar-refractivity contribution in [3.8, 4) is 0 Å². The molecule has 1 nitrogen and oxygen atoms in total. The van der Waals surface area contributed by atoms with Gasteiger partial charge >= 0.3 is 0 Å². The van der Waals surface area contributed by atoms with Gasteiger partial charge in [0.1, 0.15) is 0 Å². The zero-order chi connectivity index (χ0) is 11.1. The van der Waals surface area contributed by atoms with Crippen LogP contribution in [-0.4, -0.2) is 11.9 Å². The van der Waals surface area contributed by atoms with Gasteiger partial charge in [-0.1, -0.05) is 24.3 Å². The number of nitrogens with zero attached hydrogens (tertiary/aromatic N) is 1. The highest BCUT2D eigenvalue weighted by Crippen LogP contribution is 2.10. The van der Waals surface area contributed by atoms with E-state index in [1.807, 2.05) is 33.9 Å². The zero-order valence-electron chi connectivity index (χ0n) is 9.96. The number of rotatable bonds is 4. The molecule has 0 N–H and O–H groups in total. The van der Waals surface area contributed by atoms with Crippen molar-refractivity contribution in [2.45, 2.75) is 27.7 Å². The Bertz CT molecular complexity index is 280. The minimum absolute atomic E-state index is 1.10. The number of hydrogen-bond acceptors (Lipinski definition) is 1. The monoisotopic (exact) mass is 191 g/mol. The van der Waals surface area contributed by atoms with Gasteiger partial charge in [-0.25, -0.2) is 0 Å². The van der Waals surface area contributed by atoms with Gasteiger partial charge in [-0.15, -0.1) is 0 Å². The average Bonchev–Trinajstić information content (AvgIpc) is 2.13. The first-order chi connectivity index (χ1) is 6.52. The van der Waals surface area contributed by atoms with E-state index in [9.17, 15) is 0 Å². The van der Waals surface area contributed by atoms with Crippen LogP contribution in [0.4, 0.5) is 0 Å². The standard InChI is InChI=1S/C13H21N/c1-7-9-13(8-2)14(6)10-12(5)11(3)4/h7-10H,3H2,1-2,4-6H3/b9-7-,12-10-,13-8+. The highest BCUT2D eigenvalue weighted by Gasteiger charge is 1.97. The van der Waals surface area contributed by atoms with Gasteiger partial charge in [0.2, 0.25) is 0 Å². The van der Waals surface area contributed by atoms with E-state index in [0.29, 0.717) is 0 Å². The van der Waals surface area contributed by atoms with Crippen LogP contribution in [0.2, 0.25) is 0 Å². The molecule has 0 radical (unpaired) electrons. The van der Waals surface area contributed by atoms with Gasteiger partial charge in [-0.2, -0.15) is 0 Å². The third kappa shape index (κ3) is 4.13. The normalized spacial score (nSPS) is 13.5. The highest BCUT2D eigenvalue weighted by atomic mass is 15.1. The number of allylic oxidation sites excluding steroid dienone is 5. The van der Waals surface area contributed by atoms with Gasteiger partial charge in [0.25, 0.3) is 0 Å². The molecule has 0 saturated carbocycles. The van der Waals surface area contributed by atoms with Crippen LogP contribution < -0.4 is 0 Å². The lowest BCUT2D eigenvalue weighted by atomic mass is 10.2. The Morgan fingerprint density at radius 2 is 1.79 bits per heavy atom. The molecule has 0 unspecified atom stereocenters. The molecule has 0 aromatic carbocycles. The molecule has 0 heterocycles. The first-order valence-corrected chi connectivity index (χ1v) is 4.89. The van der Waals surface area contributed by atoms with Crippen molar-refractivity contribution in [3.63, 3.8) is 0 Å². The molecule has 0 atom stereocenters. The lowest BCUT2D eigenvalue weighted by molar-refractivity contribution is 0.582. The first-order valence-electron chi connectivity index (χ1n) is 4.89. The van der Waals surface area contributed by atoms with Gasteiger partial charge in [-0.05, 0) is 39.3 Å². The maximum Gasteiger partial charge on any atom is 0.0356 e. The maximum atomic E-state index is 3.91. The van der Waals surface area contributed by atoms with Crippen molar-refractivity contribution < 1.29 is 0 Å². The van der Waals surface area contributed by atoms with Crippen LogP contribution >= 0.6 is 0 Å². The predicted molar refractivity (Wildman–Crippen MR) is 64.9 cm³/mol. The lowest BCUT2D eigenvalue weighted by Gasteiger charge is -2.16. The second kappa shape index (κ2) is 6.25. The second-order valence-corrected chi connectivity index (χ2v) is 3.42. The van der Waals surface area contributed by atoms with Crippen LogP contribution in [0.3, 0.4) is 0 Å². The molecule has 0 aliphatic carbocycles. The quantitative estimate of drug-likeness (QED) is 0.610. The molecule has 0 rings (SSSR count). The van der Waals surface area contributed by atoms with E-state index in [1.165, 1.54) is 11.3 Å². The van der Waals surface area contributed by atoms with Gasteiger partial charge in [0, 0.05) is 18.9 Å². The molecule has 0 spiro atoms. The van der Waals surface area contributed by atoms with Gasteiger partial charge in [0.15, 0.2) is 0 Å². The second-order valence-electron chi connectivity index (χ2n) is 3.42. The summed E-state index contributed by atoms with van der Waals surface area (Å²) >= 11 is 0. The van der Waals surface area contributed by atoms with E-state index >= 15 is 0 Å². The fraction of sp³-hybridized carbons (Fsp3) is 0.385. The predicted octanol–water partition coefficient (Wildman–Crippen LogP) is 3.88. The summed E-state index contributed by atoms with van der Waals surface area (Å²) in [5.74, 6) is 0. The Morgan fingerprint density at radius 3 is 2.14 bits per heavy atom. The summed E-state index contributed by atoms with van der Waals surface area (Å²) in [7, 11) is 2.04. The summed E-state index contributed by atoms with van der Waals surface area (Å²) in [4.78, 5) is 2.10. The van der Waals surface area contributed by atoms with Crippen molar-refractivity contribution >= 4 is 0 Å². The van der Waals surface area contributed by atoms with E-state index in [1.54, 1.807) is 0 Å². The third-order valence-corrected chi connectivity index (χ3v) is 2.10. The molecule has 0 fully saturated rings. The topological polar surface area (TPSA) is 3.24 Å². The zero-order valence-corrected chi connectivity index (χ0v) is 9.96. The van der Waals surface area contributed by atoms with Crippen molar-refractivity contribution in [1.29, 1.82) is 0 Å². The Morgan fingerprint density at radius 1 is 1.21 bits per heavy atom. The molecule has 78 valence electrons. The molecule has 14 heavy (non-hydrogen) atoms. The minimum Gasteiger partial charge on any atom is -0.351 e.